The number of unbranched alkanes of at least 4 members (excludes halogenated alkanes) is 1. The number of urea groups is 1. The highest BCUT2D eigenvalue weighted by molar-refractivity contribution is 5.74. The highest BCUT2D eigenvalue weighted by atomic mass is 16.5. The van der Waals surface area contributed by atoms with Gasteiger partial charge in [0, 0.05) is 6.54 Å². The fraction of sp³-hybridized carbons (Fsp3) is 0.533. The Hall–Kier alpha value is -1.75. The molecular formula is C15H24N2O3. The van der Waals surface area contributed by atoms with Gasteiger partial charge in [-0.1, -0.05) is 25.5 Å². The summed E-state index contributed by atoms with van der Waals surface area (Å²) in [5, 5.41) is 14.2. The van der Waals surface area contributed by atoms with Gasteiger partial charge in [-0.25, -0.2) is 4.79 Å². The molecule has 20 heavy (non-hydrogen) atoms. The van der Waals surface area contributed by atoms with Crippen LogP contribution in [-0.4, -0.2) is 30.4 Å². The summed E-state index contributed by atoms with van der Waals surface area (Å²) in [6, 6.07) is 7.13. The average molecular weight is 280 g/mol. The van der Waals surface area contributed by atoms with Crippen molar-refractivity contribution in [3.05, 3.63) is 29.8 Å². The molecule has 0 spiro atoms. The molecule has 0 saturated carbocycles. The predicted octanol–water partition coefficient (Wildman–Crippen LogP) is 2.05. The van der Waals surface area contributed by atoms with Crippen LogP contribution in [-0.2, 0) is 6.54 Å². The van der Waals surface area contributed by atoms with Crippen molar-refractivity contribution in [2.24, 2.45) is 0 Å². The van der Waals surface area contributed by atoms with E-state index in [0.29, 0.717) is 13.2 Å². The van der Waals surface area contributed by atoms with Gasteiger partial charge in [0.1, 0.15) is 5.75 Å². The quantitative estimate of drug-likeness (QED) is 0.638. The van der Waals surface area contributed by atoms with Gasteiger partial charge in [-0.05, 0) is 31.0 Å². The van der Waals surface area contributed by atoms with Gasteiger partial charge in [-0.15, -0.1) is 0 Å². The number of ether oxygens (including phenoxy) is 1. The minimum atomic E-state index is -0.288. The van der Waals surface area contributed by atoms with Crippen molar-refractivity contribution in [2.75, 3.05) is 13.2 Å². The van der Waals surface area contributed by atoms with E-state index in [1.54, 1.807) is 6.92 Å². The van der Waals surface area contributed by atoms with Gasteiger partial charge < -0.3 is 20.5 Å². The molecule has 0 aliphatic heterocycles. The smallest absolute Gasteiger partial charge is 0.315 e. The number of amides is 2. The summed E-state index contributed by atoms with van der Waals surface area (Å²) in [4.78, 5) is 11.5. The monoisotopic (exact) mass is 280 g/mol. The lowest BCUT2D eigenvalue weighted by molar-refractivity contribution is 0.220. The number of carbonyl (C=O) groups is 1. The lowest BCUT2D eigenvalue weighted by Gasteiger charge is -2.12. The van der Waals surface area contributed by atoms with Gasteiger partial charge in [0.25, 0.3) is 0 Å². The molecule has 0 heterocycles. The van der Waals surface area contributed by atoms with Crippen molar-refractivity contribution in [3.63, 3.8) is 0 Å². The molecule has 112 valence electrons. The first kappa shape index (κ1) is 16.3. The Balaban J connectivity index is 2.39. The molecule has 0 aliphatic rings. The first-order valence-corrected chi connectivity index (χ1v) is 7.02. The summed E-state index contributed by atoms with van der Waals surface area (Å²) in [6.07, 6.45) is 2.13. The molecule has 2 amide bonds. The standard InChI is InChI=1S/C15H24N2O3/c1-3-4-8-20-14-7-5-6-13(9-14)10-16-15(19)17-12(2)11-18/h5-7,9,12,18H,3-4,8,10-11H2,1-2H3,(H2,16,17,19)/t12-/m0/s1. The van der Waals surface area contributed by atoms with Crippen LogP contribution in [0.2, 0.25) is 0 Å². The van der Waals surface area contributed by atoms with Gasteiger partial charge in [0.2, 0.25) is 0 Å². The second-order valence-electron chi connectivity index (χ2n) is 4.76. The van der Waals surface area contributed by atoms with Gasteiger partial charge >= 0.3 is 6.03 Å². The Morgan fingerprint density at radius 1 is 1.45 bits per heavy atom. The molecule has 3 N–H and O–H groups in total. The zero-order valence-electron chi connectivity index (χ0n) is 12.2. The maximum Gasteiger partial charge on any atom is 0.315 e. The number of carbonyl (C=O) groups excluding carboxylic acids is 1. The maximum absolute atomic E-state index is 11.5. The van der Waals surface area contributed by atoms with Crippen LogP contribution in [0.15, 0.2) is 24.3 Å². The Bertz CT molecular complexity index is 410. The van der Waals surface area contributed by atoms with Crippen LogP contribution in [0.25, 0.3) is 0 Å². The molecule has 0 unspecified atom stereocenters. The van der Waals surface area contributed by atoms with E-state index in [1.807, 2.05) is 24.3 Å². The molecule has 5 heteroatoms. The summed E-state index contributed by atoms with van der Waals surface area (Å²) in [5.74, 6) is 0.821. The van der Waals surface area contributed by atoms with Crippen LogP contribution >= 0.6 is 0 Å². The van der Waals surface area contributed by atoms with Gasteiger partial charge in [-0.3, -0.25) is 0 Å². The Morgan fingerprint density at radius 3 is 2.95 bits per heavy atom. The van der Waals surface area contributed by atoms with E-state index >= 15 is 0 Å². The van der Waals surface area contributed by atoms with E-state index in [0.717, 1.165) is 24.2 Å². The van der Waals surface area contributed by atoms with Gasteiger partial charge in [-0.2, -0.15) is 0 Å². The first-order chi connectivity index (χ1) is 9.65. The van der Waals surface area contributed by atoms with E-state index in [2.05, 4.69) is 17.6 Å². The highest BCUT2D eigenvalue weighted by Gasteiger charge is 2.05. The second kappa shape index (κ2) is 9.20. The number of nitrogens with one attached hydrogen (secondary N) is 2. The van der Waals surface area contributed by atoms with E-state index in [1.165, 1.54) is 0 Å². The third-order valence-corrected chi connectivity index (χ3v) is 2.77. The first-order valence-electron chi connectivity index (χ1n) is 7.02. The van der Waals surface area contributed by atoms with Crippen LogP contribution in [0.3, 0.4) is 0 Å². The molecule has 0 fully saturated rings. The largest absolute Gasteiger partial charge is 0.494 e. The predicted molar refractivity (Wildman–Crippen MR) is 78.8 cm³/mol. The van der Waals surface area contributed by atoms with Gasteiger partial charge in [0.15, 0.2) is 0 Å². The summed E-state index contributed by atoms with van der Waals surface area (Å²) < 4.78 is 5.61. The van der Waals surface area contributed by atoms with E-state index in [4.69, 9.17) is 9.84 Å². The van der Waals surface area contributed by atoms with Crippen molar-refractivity contribution < 1.29 is 14.6 Å². The van der Waals surface area contributed by atoms with E-state index in [9.17, 15) is 4.79 Å². The summed E-state index contributed by atoms with van der Waals surface area (Å²) in [7, 11) is 0. The molecule has 0 bridgehead atoms. The zero-order valence-corrected chi connectivity index (χ0v) is 12.2. The molecular weight excluding hydrogens is 256 g/mol. The number of hydrogen-bond donors (Lipinski definition) is 3. The summed E-state index contributed by atoms with van der Waals surface area (Å²) in [5.41, 5.74) is 0.978. The molecule has 0 radical (unpaired) electrons. The molecule has 0 aromatic heterocycles. The van der Waals surface area contributed by atoms with Crippen LogP contribution in [0, 0.1) is 0 Å². The third-order valence-electron chi connectivity index (χ3n) is 2.77. The topological polar surface area (TPSA) is 70.6 Å². The lowest BCUT2D eigenvalue weighted by atomic mass is 10.2. The molecule has 0 aliphatic carbocycles. The Labute approximate surface area is 120 Å². The normalized spacial score (nSPS) is 11.8. The number of aliphatic hydroxyl groups excluding tert-OH is 1. The number of benzene rings is 1. The minimum absolute atomic E-state index is 0.0752. The van der Waals surface area contributed by atoms with Crippen molar-refractivity contribution in [3.8, 4) is 5.75 Å². The number of hydrogen-bond acceptors (Lipinski definition) is 3. The maximum atomic E-state index is 11.5. The SMILES string of the molecule is CCCCOc1cccc(CNC(=O)N[C@@H](C)CO)c1. The second-order valence-corrected chi connectivity index (χ2v) is 4.76. The van der Waals surface area contributed by atoms with E-state index in [-0.39, 0.29) is 18.7 Å². The van der Waals surface area contributed by atoms with Crippen molar-refractivity contribution in [1.82, 2.24) is 10.6 Å². The summed E-state index contributed by atoms with van der Waals surface area (Å²) in [6.45, 7) is 4.92. The molecule has 1 aromatic carbocycles. The summed E-state index contributed by atoms with van der Waals surface area (Å²) >= 11 is 0. The molecule has 5 nitrogen and oxygen atoms in total. The fourth-order valence-electron chi connectivity index (χ4n) is 1.58. The zero-order chi connectivity index (χ0) is 14.8. The number of rotatable bonds is 8. The molecule has 1 atom stereocenters. The van der Waals surface area contributed by atoms with Crippen molar-refractivity contribution >= 4 is 6.03 Å². The van der Waals surface area contributed by atoms with Gasteiger partial charge in [0.05, 0.1) is 19.3 Å². The Morgan fingerprint density at radius 2 is 2.25 bits per heavy atom. The lowest BCUT2D eigenvalue weighted by Crippen LogP contribution is -2.41. The molecule has 1 rings (SSSR count). The highest BCUT2D eigenvalue weighted by Crippen LogP contribution is 2.13. The number of aliphatic hydroxyl groups is 1. The van der Waals surface area contributed by atoms with Crippen LogP contribution in [0.4, 0.5) is 4.79 Å². The van der Waals surface area contributed by atoms with Crippen molar-refractivity contribution in [2.45, 2.75) is 39.3 Å². The molecule has 1 aromatic rings. The van der Waals surface area contributed by atoms with Crippen LogP contribution in [0.1, 0.15) is 32.3 Å². The van der Waals surface area contributed by atoms with Crippen molar-refractivity contribution in [1.29, 1.82) is 0 Å². The Kier molecular flexibility index (Phi) is 7.50. The van der Waals surface area contributed by atoms with E-state index < -0.39 is 0 Å². The third kappa shape index (κ3) is 6.43. The fourth-order valence-corrected chi connectivity index (χ4v) is 1.58. The van der Waals surface area contributed by atoms with Crippen LogP contribution in [0.5, 0.6) is 5.75 Å². The van der Waals surface area contributed by atoms with Crippen LogP contribution < -0.4 is 15.4 Å². The average Bonchev–Trinajstić information content (AvgIpc) is 2.46. The molecule has 0 saturated heterocycles. The minimum Gasteiger partial charge on any atom is -0.494 e.